The van der Waals surface area contributed by atoms with Gasteiger partial charge in [0.15, 0.2) is 0 Å². The molecule has 0 bridgehead atoms. The summed E-state index contributed by atoms with van der Waals surface area (Å²) in [6.45, 7) is 3.43. The Bertz CT molecular complexity index is 353. The molecule has 0 saturated heterocycles. The zero-order valence-electron chi connectivity index (χ0n) is 9.73. The van der Waals surface area contributed by atoms with E-state index in [2.05, 4.69) is 5.32 Å². The standard InChI is InChI=1S/C12H18N2O2/c1-3-13-12(16)9-14(2)8-10-6-4-5-7-11(10)15/h4-7,15H,3,8-9H2,1-2H3,(H,13,16). The van der Waals surface area contributed by atoms with E-state index in [4.69, 9.17) is 0 Å². The van der Waals surface area contributed by atoms with Crippen molar-refractivity contribution < 1.29 is 9.90 Å². The molecule has 0 aliphatic rings. The van der Waals surface area contributed by atoms with Crippen LogP contribution < -0.4 is 5.32 Å². The monoisotopic (exact) mass is 222 g/mol. The number of benzene rings is 1. The van der Waals surface area contributed by atoms with Gasteiger partial charge in [0.25, 0.3) is 0 Å². The largest absolute Gasteiger partial charge is 0.508 e. The Kier molecular flexibility index (Phi) is 4.79. The highest BCUT2D eigenvalue weighted by atomic mass is 16.3. The molecule has 0 aliphatic heterocycles. The Morgan fingerprint density at radius 1 is 1.44 bits per heavy atom. The maximum absolute atomic E-state index is 11.3. The van der Waals surface area contributed by atoms with Crippen molar-refractivity contribution in [2.75, 3.05) is 20.1 Å². The minimum atomic E-state index is 0.000390. The van der Waals surface area contributed by atoms with Crippen molar-refractivity contribution in [3.63, 3.8) is 0 Å². The highest BCUT2D eigenvalue weighted by Gasteiger charge is 2.07. The topological polar surface area (TPSA) is 52.6 Å². The molecule has 16 heavy (non-hydrogen) atoms. The van der Waals surface area contributed by atoms with E-state index < -0.39 is 0 Å². The molecule has 88 valence electrons. The summed E-state index contributed by atoms with van der Waals surface area (Å²) in [5.74, 6) is 0.269. The molecule has 4 heteroatoms. The molecule has 0 fully saturated rings. The zero-order valence-corrected chi connectivity index (χ0v) is 9.73. The molecule has 0 spiro atoms. The van der Waals surface area contributed by atoms with Crippen LogP contribution in [0.15, 0.2) is 24.3 Å². The second-order valence-electron chi connectivity index (χ2n) is 3.75. The molecule has 1 aromatic rings. The summed E-state index contributed by atoms with van der Waals surface area (Å²) >= 11 is 0. The van der Waals surface area contributed by atoms with E-state index in [9.17, 15) is 9.90 Å². The smallest absolute Gasteiger partial charge is 0.234 e. The number of nitrogens with one attached hydrogen (secondary N) is 1. The van der Waals surface area contributed by atoms with Crippen molar-refractivity contribution in [1.29, 1.82) is 0 Å². The van der Waals surface area contributed by atoms with Crippen molar-refractivity contribution >= 4 is 5.91 Å². The van der Waals surface area contributed by atoms with Crippen molar-refractivity contribution in [2.45, 2.75) is 13.5 Å². The van der Waals surface area contributed by atoms with Crippen molar-refractivity contribution in [3.05, 3.63) is 29.8 Å². The van der Waals surface area contributed by atoms with Gasteiger partial charge >= 0.3 is 0 Å². The molecular formula is C12H18N2O2. The van der Waals surface area contributed by atoms with Gasteiger partial charge in [0, 0.05) is 18.7 Å². The fourth-order valence-corrected chi connectivity index (χ4v) is 1.49. The molecule has 1 amide bonds. The number of amides is 1. The van der Waals surface area contributed by atoms with Crippen molar-refractivity contribution in [3.8, 4) is 5.75 Å². The number of aromatic hydroxyl groups is 1. The van der Waals surface area contributed by atoms with Crippen LogP contribution in [-0.2, 0) is 11.3 Å². The van der Waals surface area contributed by atoms with Gasteiger partial charge in [-0.15, -0.1) is 0 Å². The second-order valence-corrected chi connectivity index (χ2v) is 3.75. The Balaban J connectivity index is 2.48. The van der Waals surface area contributed by atoms with E-state index in [0.29, 0.717) is 19.6 Å². The van der Waals surface area contributed by atoms with Crippen LogP contribution in [0.2, 0.25) is 0 Å². The van der Waals surface area contributed by atoms with Gasteiger partial charge in [0.05, 0.1) is 6.54 Å². The van der Waals surface area contributed by atoms with Crippen molar-refractivity contribution in [1.82, 2.24) is 10.2 Å². The van der Waals surface area contributed by atoms with E-state index in [1.165, 1.54) is 0 Å². The fourth-order valence-electron chi connectivity index (χ4n) is 1.49. The molecule has 0 heterocycles. The van der Waals surface area contributed by atoms with E-state index in [1.807, 2.05) is 31.0 Å². The third kappa shape index (κ3) is 3.90. The minimum Gasteiger partial charge on any atom is -0.508 e. The predicted octanol–water partition coefficient (Wildman–Crippen LogP) is 0.960. The first kappa shape index (κ1) is 12.5. The quantitative estimate of drug-likeness (QED) is 0.780. The molecular weight excluding hydrogens is 204 g/mol. The number of carbonyl (C=O) groups is 1. The number of carbonyl (C=O) groups excluding carboxylic acids is 1. The molecule has 0 saturated carbocycles. The van der Waals surface area contributed by atoms with E-state index in [1.54, 1.807) is 12.1 Å². The first-order valence-electron chi connectivity index (χ1n) is 5.35. The third-order valence-corrected chi connectivity index (χ3v) is 2.22. The molecule has 0 unspecified atom stereocenters. The molecule has 0 aromatic heterocycles. The number of phenolic OH excluding ortho intramolecular Hbond substituents is 1. The van der Waals surface area contributed by atoms with E-state index in [-0.39, 0.29) is 11.7 Å². The van der Waals surface area contributed by atoms with Crippen LogP contribution in [-0.4, -0.2) is 36.1 Å². The number of hydrogen-bond acceptors (Lipinski definition) is 3. The van der Waals surface area contributed by atoms with Gasteiger partial charge in [-0.1, -0.05) is 18.2 Å². The number of nitrogens with zero attached hydrogens (tertiary/aromatic N) is 1. The third-order valence-electron chi connectivity index (χ3n) is 2.22. The Morgan fingerprint density at radius 3 is 2.75 bits per heavy atom. The lowest BCUT2D eigenvalue weighted by Gasteiger charge is -2.16. The van der Waals surface area contributed by atoms with Gasteiger partial charge in [0.1, 0.15) is 5.75 Å². The van der Waals surface area contributed by atoms with Crippen LogP contribution >= 0.6 is 0 Å². The second kappa shape index (κ2) is 6.12. The average molecular weight is 222 g/mol. The van der Waals surface area contributed by atoms with Crippen LogP contribution in [0.5, 0.6) is 5.75 Å². The molecule has 0 atom stereocenters. The first-order valence-corrected chi connectivity index (χ1v) is 5.35. The zero-order chi connectivity index (χ0) is 12.0. The summed E-state index contributed by atoms with van der Waals surface area (Å²) in [6.07, 6.45) is 0. The van der Waals surface area contributed by atoms with Gasteiger partial charge in [-0.25, -0.2) is 0 Å². The van der Waals surface area contributed by atoms with Gasteiger partial charge in [-0.05, 0) is 20.0 Å². The van der Waals surface area contributed by atoms with Gasteiger partial charge < -0.3 is 10.4 Å². The van der Waals surface area contributed by atoms with Crippen LogP contribution in [0.1, 0.15) is 12.5 Å². The SMILES string of the molecule is CCNC(=O)CN(C)Cc1ccccc1O. The predicted molar refractivity (Wildman–Crippen MR) is 63.1 cm³/mol. The van der Waals surface area contributed by atoms with E-state index >= 15 is 0 Å². The Hall–Kier alpha value is -1.55. The van der Waals surface area contributed by atoms with Gasteiger partial charge in [0.2, 0.25) is 5.91 Å². The van der Waals surface area contributed by atoms with Crippen LogP contribution in [0.4, 0.5) is 0 Å². The molecule has 1 rings (SSSR count). The molecule has 0 aliphatic carbocycles. The van der Waals surface area contributed by atoms with Crippen molar-refractivity contribution in [2.24, 2.45) is 0 Å². The molecule has 0 radical (unpaired) electrons. The summed E-state index contributed by atoms with van der Waals surface area (Å²) in [7, 11) is 1.85. The summed E-state index contributed by atoms with van der Waals surface area (Å²) < 4.78 is 0. The lowest BCUT2D eigenvalue weighted by molar-refractivity contribution is -0.121. The molecule has 2 N–H and O–H groups in total. The number of hydrogen-bond donors (Lipinski definition) is 2. The fraction of sp³-hybridized carbons (Fsp3) is 0.417. The number of para-hydroxylation sites is 1. The van der Waals surface area contributed by atoms with Crippen LogP contribution in [0.25, 0.3) is 0 Å². The first-order chi connectivity index (χ1) is 7.63. The Morgan fingerprint density at radius 2 is 2.12 bits per heavy atom. The summed E-state index contributed by atoms with van der Waals surface area (Å²) in [6, 6.07) is 7.15. The highest BCUT2D eigenvalue weighted by molar-refractivity contribution is 5.77. The number of rotatable bonds is 5. The number of likely N-dealkylation sites (N-methyl/N-ethyl adjacent to an activating group) is 2. The summed E-state index contributed by atoms with van der Waals surface area (Å²) in [4.78, 5) is 13.2. The van der Waals surface area contributed by atoms with Gasteiger partial charge in [-0.2, -0.15) is 0 Å². The van der Waals surface area contributed by atoms with Crippen LogP contribution in [0.3, 0.4) is 0 Å². The maximum atomic E-state index is 11.3. The number of phenols is 1. The Labute approximate surface area is 95.9 Å². The molecule has 4 nitrogen and oxygen atoms in total. The van der Waals surface area contributed by atoms with Crippen LogP contribution in [0, 0.1) is 0 Å². The minimum absolute atomic E-state index is 0.000390. The van der Waals surface area contributed by atoms with Gasteiger partial charge in [-0.3, -0.25) is 9.69 Å². The lowest BCUT2D eigenvalue weighted by atomic mass is 10.2. The lowest BCUT2D eigenvalue weighted by Crippen LogP contribution is -2.34. The van der Waals surface area contributed by atoms with E-state index in [0.717, 1.165) is 5.56 Å². The maximum Gasteiger partial charge on any atom is 0.234 e. The summed E-state index contributed by atoms with van der Waals surface area (Å²) in [5, 5.41) is 12.3. The molecule has 1 aromatic carbocycles. The summed E-state index contributed by atoms with van der Waals surface area (Å²) in [5.41, 5.74) is 0.828. The normalized spacial score (nSPS) is 10.4. The average Bonchev–Trinajstić information content (AvgIpc) is 2.21. The highest BCUT2D eigenvalue weighted by Crippen LogP contribution is 2.16.